The average Bonchev–Trinajstić information content (AvgIpc) is 2.63. The number of esters is 1. The predicted octanol–water partition coefficient (Wildman–Crippen LogP) is 3.08. The van der Waals surface area contributed by atoms with Gasteiger partial charge in [0.2, 0.25) is 0 Å². The van der Waals surface area contributed by atoms with E-state index in [1.54, 1.807) is 52.0 Å². The third-order valence-corrected chi connectivity index (χ3v) is 3.97. The summed E-state index contributed by atoms with van der Waals surface area (Å²) in [6, 6.07) is 7.62. The van der Waals surface area contributed by atoms with Crippen molar-refractivity contribution in [3.05, 3.63) is 35.9 Å². The van der Waals surface area contributed by atoms with Crippen LogP contribution in [0.2, 0.25) is 0 Å². The standard InChI is InChI=1S/C21H29NO7/c1-5-15(19(26)29-21(2,3)4)17(23)12-11-16(18(24)25)22-20(27)28-13-14-9-7-6-8-10-14/h6-10,15-16H,5,11-13H2,1-4H3,(H,22,27)(H,24,25)/t15?,16-/m0/s1. The highest BCUT2D eigenvalue weighted by molar-refractivity contribution is 5.99. The highest BCUT2D eigenvalue weighted by Crippen LogP contribution is 2.17. The molecule has 0 bridgehead atoms. The van der Waals surface area contributed by atoms with Crippen LogP contribution in [0.4, 0.5) is 4.79 Å². The Morgan fingerprint density at radius 1 is 1.10 bits per heavy atom. The van der Waals surface area contributed by atoms with Crippen molar-refractivity contribution in [2.75, 3.05) is 0 Å². The zero-order chi connectivity index (χ0) is 22.0. The largest absolute Gasteiger partial charge is 0.480 e. The molecule has 1 amide bonds. The summed E-state index contributed by atoms with van der Waals surface area (Å²) in [5, 5.41) is 11.5. The Morgan fingerprint density at radius 3 is 2.24 bits per heavy atom. The van der Waals surface area contributed by atoms with Gasteiger partial charge in [-0.2, -0.15) is 0 Å². The maximum Gasteiger partial charge on any atom is 0.408 e. The summed E-state index contributed by atoms with van der Waals surface area (Å²) >= 11 is 0. The van der Waals surface area contributed by atoms with E-state index in [-0.39, 0.29) is 25.9 Å². The zero-order valence-electron chi connectivity index (χ0n) is 17.3. The average molecular weight is 407 g/mol. The summed E-state index contributed by atoms with van der Waals surface area (Å²) < 4.78 is 10.2. The minimum atomic E-state index is -1.31. The van der Waals surface area contributed by atoms with Crippen LogP contribution in [0.3, 0.4) is 0 Å². The molecule has 0 fully saturated rings. The summed E-state index contributed by atoms with van der Waals surface area (Å²) in [4.78, 5) is 47.8. The molecule has 2 N–H and O–H groups in total. The molecule has 1 rings (SSSR count). The Balaban J connectivity index is 2.57. The molecule has 0 spiro atoms. The van der Waals surface area contributed by atoms with Gasteiger partial charge in [0.15, 0.2) is 0 Å². The SMILES string of the molecule is CCC(C(=O)CC[C@H](NC(=O)OCc1ccccc1)C(=O)O)C(=O)OC(C)(C)C. The quantitative estimate of drug-likeness (QED) is 0.452. The van der Waals surface area contributed by atoms with Crippen LogP contribution in [-0.2, 0) is 30.5 Å². The van der Waals surface area contributed by atoms with E-state index in [4.69, 9.17) is 9.47 Å². The summed E-state index contributed by atoms with van der Waals surface area (Å²) in [6.07, 6.45) is -0.993. The molecular formula is C21H29NO7. The molecule has 0 aliphatic carbocycles. The van der Waals surface area contributed by atoms with Crippen molar-refractivity contribution >= 4 is 23.8 Å². The first kappa shape index (κ1) is 24.1. The van der Waals surface area contributed by atoms with Gasteiger partial charge in [-0.15, -0.1) is 0 Å². The van der Waals surface area contributed by atoms with Crippen LogP contribution in [0, 0.1) is 5.92 Å². The first-order valence-electron chi connectivity index (χ1n) is 9.49. The minimum Gasteiger partial charge on any atom is -0.480 e. The van der Waals surface area contributed by atoms with Gasteiger partial charge in [0, 0.05) is 6.42 Å². The van der Waals surface area contributed by atoms with Gasteiger partial charge in [-0.05, 0) is 39.2 Å². The molecular weight excluding hydrogens is 378 g/mol. The summed E-state index contributed by atoms with van der Waals surface area (Å²) in [5.41, 5.74) is 0.0335. The highest BCUT2D eigenvalue weighted by atomic mass is 16.6. The van der Waals surface area contributed by atoms with Gasteiger partial charge < -0.3 is 19.9 Å². The smallest absolute Gasteiger partial charge is 0.408 e. The molecule has 8 heteroatoms. The predicted molar refractivity (Wildman–Crippen MR) is 105 cm³/mol. The molecule has 0 saturated carbocycles. The number of alkyl carbamates (subject to hydrolysis) is 1. The lowest BCUT2D eigenvalue weighted by atomic mass is 9.95. The van der Waals surface area contributed by atoms with Crippen LogP contribution in [0.15, 0.2) is 30.3 Å². The van der Waals surface area contributed by atoms with Crippen molar-refractivity contribution in [3.8, 4) is 0 Å². The van der Waals surface area contributed by atoms with E-state index in [2.05, 4.69) is 5.32 Å². The van der Waals surface area contributed by atoms with Gasteiger partial charge in [-0.1, -0.05) is 37.3 Å². The number of ketones is 1. The van der Waals surface area contributed by atoms with E-state index < -0.39 is 41.4 Å². The van der Waals surface area contributed by atoms with E-state index in [1.165, 1.54) is 0 Å². The van der Waals surface area contributed by atoms with E-state index in [1.807, 2.05) is 6.07 Å². The number of carbonyl (C=O) groups is 4. The lowest BCUT2D eigenvalue weighted by Gasteiger charge is -2.23. The molecule has 1 unspecified atom stereocenters. The number of carboxylic acid groups (broad SMARTS) is 1. The number of hydrogen-bond donors (Lipinski definition) is 2. The summed E-state index contributed by atoms with van der Waals surface area (Å²) in [5.74, 6) is -3.31. The third kappa shape index (κ3) is 9.23. The van der Waals surface area contributed by atoms with Crippen molar-refractivity contribution in [2.24, 2.45) is 5.92 Å². The molecule has 2 atom stereocenters. The number of hydrogen-bond acceptors (Lipinski definition) is 6. The van der Waals surface area contributed by atoms with Gasteiger partial charge in [0.1, 0.15) is 30.0 Å². The second-order valence-corrected chi connectivity index (χ2v) is 7.60. The number of Topliss-reactive ketones (excluding diaryl/α,β-unsaturated/α-hetero) is 1. The Bertz CT molecular complexity index is 709. The number of ether oxygens (including phenoxy) is 2. The molecule has 0 heterocycles. The molecule has 0 aliphatic heterocycles. The monoisotopic (exact) mass is 407 g/mol. The van der Waals surface area contributed by atoms with Crippen molar-refractivity contribution in [3.63, 3.8) is 0 Å². The molecule has 0 aliphatic rings. The normalized spacial score (nSPS) is 13.1. The Kier molecular flexibility index (Phi) is 9.31. The Labute approximate surface area is 170 Å². The molecule has 0 aromatic heterocycles. The second-order valence-electron chi connectivity index (χ2n) is 7.60. The second kappa shape index (κ2) is 11.2. The van der Waals surface area contributed by atoms with Gasteiger partial charge in [0.05, 0.1) is 0 Å². The molecule has 29 heavy (non-hydrogen) atoms. The number of benzene rings is 1. The molecule has 160 valence electrons. The van der Waals surface area contributed by atoms with E-state index in [9.17, 15) is 24.3 Å². The fourth-order valence-corrected chi connectivity index (χ4v) is 2.52. The van der Waals surface area contributed by atoms with Gasteiger partial charge in [0.25, 0.3) is 0 Å². The number of aliphatic carboxylic acids is 1. The molecule has 0 radical (unpaired) electrons. The van der Waals surface area contributed by atoms with Gasteiger partial charge in [-0.25, -0.2) is 9.59 Å². The van der Waals surface area contributed by atoms with Gasteiger partial charge in [-0.3, -0.25) is 9.59 Å². The molecule has 1 aromatic rings. The van der Waals surface area contributed by atoms with Crippen molar-refractivity contribution in [1.82, 2.24) is 5.32 Å². The van der Waals surface area contributed by atoms with Crippen molar-refractivity contribution < 1.29 is 33.8 Å². The molecule has 8 nitrogen and oxygen atoms in total. The van der Waals surface area contributed by atoms with E-state index >= 15 is 0 Å². The minimum absolute atomic E-state index is 0.00546. The van der Waals surface area contributed by atoms with Crippen LogP contribution in [0.25, 0.3) is 0 Å². The van der Waals surface area contributed by atoms with Crippen LogP contribution >= 0.6 is 0 Å². The number of amides is 1. The fraction of sp³-hybridized carbons (Fsp3) is 0.524. The summed E-state index contributed by atoms with van der Waals surface area (Å²) in [6.45, 7) is 6.78. The maximum absolute atomic E-state index is 12.4. The van der Waals surface area contributed by atoms with Crippen molar-refractivity contribution in [2.45, 2.75) is 65.2 Å². The van der Waals surface area contributed by atoms with E-state index in [0.717, 1.165) is 5.56 Å². The van der Waals surface area contributed by atoms with Crippen LogP contribution in [0.1, 0.15) is 52.5 Å². The topological polar surface area (TPSA) is 119 Å². The molecule has 1 aromatic carbocycles. The van der Waals surface area contributed by atoms with Crippen LogP contribution in [0.5, 0.6) is 0 Å². The number of rotatable bonds is 10. The maximum atomic E-state index is 12.4. The first-order valence-corrected chi connectivity index (χ1v) is 9.49. The third-order valence-electron chi connectivity index (χ3n) is 3.97. The zero-order valence-corrected chi connectivity index (χ0v) is 17.3. The van der Waals surface area contributed by atoms with Crippen molar-refractivity contribution in [1.29, 1.82) is 0 Å². The lowest BCUT2D eigenvalue weighted by molar-refractivity contribution is -0.162. The highest BCUT2D eigenvalue weighted by Gasteiger charge is 2.31. The number of carbonyl (C=O) groups excluding carboxylic acids is 3. The molecule has 0 saturated heterocycles. The van der Waals surface area contributed by atoms with Crippen LogP contribution < -0.4 is 5.32 Å². The lowest BCUT2D eigenvalue weighted by Crippen LogP contribution is -2.42. The Hall–Kier alpha value is -2.90. The first-order chi connectivity index (χ1) is 13.5. The fourth-order valence-electron chi connectivity index (χ4n) is 2.52. The van der Waals surface area contributed by atoms with E-state index in [0.29, 0.717) is 0 Å². The van der Waals surface area contributed by atoms with Crippen LogP contribution in [-0.4, -0.2) is 40.6 Å². The van der Waals surface area contributed by atoms with Gasteiger partial charge >= 0.3 is 18.0 Å². The number of nitrogens with one attached hydrogen (secondary N) is 1. The summed E-state index contributed by atoms with van der Waals surface area (Å²) in [7, 11) is 0. The number of carboxylic acids is 1. The Morgan fingerprint density at radius 2 is 1.72 bits per heavy atom.